The molecule has 0 atom stereocenters. The Morgan fingerprint density at radius 1 is 1.18 bits per heavy atom. The molecule has 0 radical (unpaired) electrons. The first-order valence-electron chi connectivity index (χ1n) is 10.1. The van der Waals surface area contributed by atoms with Crippen LogP contribution in [-0.4, -0.2) is 46.5 Å². The average Bonchev–Trinajstić information content (AvgIpc) is 2.67. The van der Waals surface area contributed by atoms with Gasteiger partial charge in [-0.15, -0.1) is 0 Å². The van der Waals surface area contributed by atoms with Gasteiger partial charge in [-0.3, -0.25) is 9.78 Å². The third kappa shape index (κ3) is 4.20. The van der Waals surface area contributed by atoms with Gasteiger partial charge in [-0.25, -0.2) is 4.98 Å². The fourth-order valence-electron chi connectivity index (χ4n) is 4.38. The largest absolute Gasteiger partial charge is 0.348 e. The van der Waals surface area contributed by atoms with Crippen LogP contribution in [-0.2, 0) is 5.41 Å². The normalized spacial score (nSPS) is 19.8. The molecule has 2 heterocycles. The second kappa shape index (κ2) is 8.18. The first kappa shape index (κ1) is 19.3. The van der Waals surface area contributed by atoms with Crippen LogP contribution in [0.25, 0.3) is 0 Å². The first-order valence-corrected chi connectivity index (χ1v) is 10.5. The van der Waals surface area contributed by atoms with Gasteiger partial charge in [0.05, 0.1) is 11.9 Å². The lowest BCUT2D eigenvalue weighted by molar-refractivity contribution is 0.0865. The van der Waals surface area contributed by atoms with Gasteiger partial charge < -0.3 is 10.2 Å². The number of amides is 1. The lowest BCUT2D eigenvalue weighted by Crippen LogP contribution is -2.51. The molecule has 2 aliphatic rings. The maximum Gasteiger partial charge on any atom is 0.271 e. The van der Waals surface area contributed by atoms with Crippen LogP contribution in [0, 0.1) is 6.92 Å². The predicted octanol–water partition coefficient (Wildman–Crippen LogP) is 3.75. The summed E-state index contributed by atoms with van der Waals surface area (Å²) in [6.45, 7) is 4.99. The van der Waals surface area contributed by atoms with Crippen LogP contribution in [0.5, 0.6) is 0 Å². The Morgan fingerprint density at radius 3 is 2.46 bits per heavy atom. The Labute approximate surface area is 171 Å². The molecule has 5 nitrogen and oxygen atoms in total. The van der Waals surface area contributed by atoms with Crippen molar-refractivity contribution in [1.29, 1.82) is 0 Å². The van der Waals surface area contributed by atoms with Crippen LogP contribution in [0.2, 0.25) is 5.02 Å². The molecule has 4 rings (SSSR count). The quantitative estimate of drug-likeness (QED) is 0.833. The summed E-state index contributed by atoms with van der Waals surface area (Å²) in [5.41, 5.74) is 2.90. The van der Waals surface area contributed by atoms with E-state index in [2.05, 4.69) is 32.3 Å². The molecule has 1 saturated heterocycles. The molecule has 1 aromatic heterocycles. The minimum Gasteiger partial charge on any atom is -0.348 e. The van der Waals surface area contributed by atoms with E-state index in [4.69, 9.17) is 11.6 Å². The van der Waals surface area contributed by atoms with Crippen molar-refractivity contribution in [2.75, 3.05) is 19.6 Å². The molecule has 0 spiro atoms. The van der Waals surface area contributed by atoms with E-state index in [1.807, 2.05) is 19.1 Å². The Bertz CT molecular complexity index is 809. The van der Waals surface area contributed by atoms with Gasteiger partial charge in [0, 0.05) is 42.3 Å². The molecule has 0 bridgehead atoms. The van der Waals surface area contributed by atoms with E-state index < -0.39 is 0 Å². The number of aryl methyl sites for hydroxylation is 1. The molecule has 0 unspecified atom stereocenters. The molecule has 148 valence electrons. The summed E-state index contributed by atoms with van der Waals surface area (Å²) >= 11 is 6.07. The van der Waals surface area contributed by atoms with E-state index in [9.17, 15) is 4.79 Å². The highest BCUT2D eigenvalue weighted by Crippen LogP contribution is 2.44. The number of piperidine rings is 1. The summed E-state index contributed by atoms with van der Waals surface area (Å²) in [6.07, 6.45) is 8.92. The number of nitrogens with zero attached hydrogens (tertiary/aromatic N) is 3. The third-order valence-electron chi connectivity index (χ3n) is 6.23. The maximum atomic E-state index is 12.4. The second-order valence-corrected chi connectivity index (χ2v) is 8.64. The van der Waals surface area contributed by atoms with Gasteiger partial charge in [-0.05, 0) is 50.3 Å². The fourth-order valence-corrected chi connectivity index (χ4v) is 4.50. The van der Waals surface area contributed by atoms with E-state index in [0.717, 1.165) is 43.2 Å². The molecular weight excluding hydrogens is 372 g/mol. The van der Waals surface area contributed by atoms with E-state index >= 15 is 0 Å². The van der Waals surface area contributed by atoms with Crippen molar-refractivity contribution < 1.29 is 4.79 Å². The van der Waals surface area contributed by atoms with Crippen LogP contribution in [0.15, 0.2) is 36.7 Å². The molecule has 1 aromatic carbocycles. The number of hydrogen-bond acceptors (Lipinski definition) is 4. The minimum absolute atomic E-state index is 0.123. The van der Waals surface area contributed by atoms with E-state index in [1.54, 1.807) is 12.4 Å². The molecule has 1 aliphatic heterocycles. The molecule has 1 aliphatic carbocycles. The molecular formula is C22H27ClN4O. The highest BCUT2D eigenvalue weighted by Gasteiger charge is 2.40. The van der Waals surface area contributed by atoms with Gasteiger partial charge in [-0.2, -0.15) is 0 Å². The van der Waals surface area contributed by atoms with Crippen molar-refractivity contribution in [3.63, 3.8) is 0 Å². The Kier molecular flexibility index (Phi) is 5.65. The van der Waals surface area contributed by atoms with Crippen molar-refractivity contribution in [2.24, 2.45) is 0 Å². The number of aromatic nitrogens is 2. The summed E-state index contributed by atoms with van der Waals surface area (Å²) in [6, 6.07) is 8.60. The number of likely N-dealkylation sites (tertiary alicyclic amines) is 1. The molecule has 2 aromatic rings. The fraction of sp³-hybridized carbons (Fsp3) is 0.500. The minimum atomic E-state index is -0.123. The standard InChI is InChI=1S/C22H27ClN4O/c1-16-13-25-20(14-24-16)21(28)26-19-7-11-27(12-8-19)15-22(9-2-10-22)17-3-5-18(23)6-4-17/h3-6,13-14,19H,2,7-12,15H2,1H3,(H,26,28). The molecule has 28 heavy (non-hydrogen) atoms. The van der Waals surface area contributed by atoms with Crippen LogP contribution in [0.1, 0.15) is 53.8 Å². The van der Waals surface area contributed by atoms with E-state index in [1.165, 1.54) is 24.8 Å². The van der Waals surface area contributed by atoms with Crippen LogP contribution in [0.4, 0.5) is 0 Å². The Hall–Kier alpha value is -1.98. The van der Waals surface area contributed by atoms with Crippen molar-refractivity contribution in [1.82, 2.24) is 20.2 Å². The van der Waals surface area contributed by atoms with Crippen LogP contribution in [0.3, 0.4) is 0 Å². The molecule has 1 amide bonds. The van der Waals surface area contributed by atoms with Gasteiger partial charge in [0.25, 0.3) is 5.91 Å². The van der Waals surface area contributed by atoms with Gasteiger partial charge >= 0.3 is 0 Å². The van der Waals surface area contributed by atoms with Crippen LogP contribution >= 0.6 is 11.6 Å². The summed E-state index contributed by atoms with van der Waals surface area (Å²) < 4.78 is 0. The summed E-state index contributed by atoms with van der Waals surface area (Å²) in [4.78, 5) is 23.2. The van der Waals surface area contributed by atoms with Crippen LogP contribution < -0.4 is 5.32 Å². The van der Waals surface area contributed by atoms with Crippen molar-refractivity contribution in [3.05, 3.63) is 58.6 Å². The number of carbonyl (C=O) groups excluding carboxylic acids is 1. The summed E-state index contributed by atoms with van der Waals surface area (Å²) in [5, 5.41) is 3.92. The summed E-state index contributed by atoms with van der Waals surface area (Å²) in [5.74, 6) is -0.123. The van der Waals surface area contributed by atoms with Gasteiger partial charge in [0.15, 0.2) is 0 Å². The van der Waals surface area contributed by atoms with Gasteiger partial charge in [0.1, 0.15) is 5.69 Å². The van der Waals surface area contributed by atoms with Gasteiger partial charge in [0.2, 0.25) is 0 Å². The number of rotatable bonds is 5. The van der Waals surface area contributed by atoms with Crippen molar-refractivity contribution in [2.45, 2.75) is 50.5 Å². The predicted molar refractivity (Wildman–Crippen MR) is 111 cm³/mol. The average molecular weight is 399 g/mol. The third-order valence-corrected chi connectivity index (χ3v) is 6.48. The summed E-state index contributed by atoms with van der Waals surface area (Å²) in [7, 11) is 0. The monoisotopic (exact) mass is 398 g/mol. The van der Waals surface area contributed by atoms with Crippen molar-refractivity contribution >= 4 is 17.5 Å². The molecule has 1 saturated carbocycles. The second-order valence-electron chi connectivity index (χ2n) is 8.21. The van der Waals surface area contributed by atoms with E-state index in [-0.39, 0.29) is 17.4 Å². The lowest BCUT2D eigenvalue weighted by Gasteiger charge is -2.47. The number of nitrogens with one attached hydrogen (secondary N) is 1. The Balaban J connectivity index is 1.31. The SMILES string of the molecule is Cc1cnc(C(=O)NC2CCN(CC3(c4ccc(Cl)cc4)CCC3)CC2)cn1. The van der Waals surface area contributed by atoms with E-state index in [0.29, 0.717) is 5.69 Å². The zero-order chi connectivity index (χ0) is 19.6. The van der Waals surface area contributed by atoms with Gasteiger partial charge in [-0.1, -0.05) is 30.2 Å². The zero-order valence-electron chi connectivity index (χ0n) is 16.3. The topological polar surface area (TPSA) is 58.1 Å². The highest BCUT2D eigenvalue weighted by molar-refractivity contribution is 6.30. The lowest BCUT2D eigenvalue weighted by atomic mass is 9.64. The zero-order valence-corrected chi connectivity index (χ0v) is 17.1. The first-order chi connectivity index (χ1) is 13.5. The number of carbonyl (C=O) groups is 1. The number of hydrogen-bond donors (Lipinski definition) is 1. The smallest absolute Gasteiger partial charge is 0.271 e. The number of halogens is 1. The Morgan fingerprint density at radius 2 is 1.89 bits per heavy atom. The molecule has 1 N–H and O–H groups in total. The maximum absolute atomic E-state index is 12.4. The highest BCUT2D eigenvalue weighted by atomic mass is 35.5. The number of benzene rings is 1. The van der Waals surface area contributed by atoms with Crippen molar-refractivity contribution in [3.8, 4) is 0 Å². The molecule has 2 fully saturated rings. The molecule has 6 heteroatoms.